The van der Waals surface area contributed by atoms with Crippen LogP contribution in [0.15, 0.2) is 24.3 Å². The zero-order valence-corrected chi connectivity index (χ0v) is 11.7. The van der Waals surface area contributed by atoms with Gasteiger partial charge in [0.25, 0.3) is 0 Å². The second-order valence-electron chi connectivity index (χ2n) is 5.79. The van der Waals surface area contributed by atoms with Gasteiger partial charge in [0.15, 0.2) is 0 Å². The molecule has 0 saturated carbocycles. The highest BCUT2D eigenvalue weighted by atomic mass is 19.1. The summed E-state index contributed by atoms with van der Waals surface area (Å²) in [4.78, 5) is 16.7. The Labute approximate surface area is 119 Å². The number of rotatable bonds is 3. The van der Waals surface area contributed by atoms with E-state index in [-0.39, 0.29) is 18.1 Å². The predicted molar refractivity (Wildman–Crippen MR) is 75.9 cm³/mol. The fraction of sp³-hybridized carbons (Fsp3) is 0.562. The van der Waals surface area contributed by atoms with Crippen LogP contribution in [0, 0.1) is 5.82 Å². The molecule has 0 aliphatic carbocycles. The molecule has 2 fully saturated rings. The van der Waals surface area contributed by atoms with Gasteiger partial charge >= 0.3 is 0 Å². The molecule has 1 atom stereocenters. The Kier molecular flexibility index (Phi) is 4.01. The van der Waals surface area contributed by atoms with E-state index < -0.39 is 0 Å². The first-order valence-electron chi connectivity index (χ1n) is 7.49. The van der Waals surface area contributed by atoms with Crippen LogP contribution >= 0.6 is 0 Å². The highest BCUT2D eigenvalue weighted by Crippen LogP contribution is 2.21. The second-order valence-corrected chi connectivity index (χ2v) is 5.79. The smallest absolute Gasteiger partial charge is 0.227 e. The average molecular weight is 276 g/mol. The standard InChI is InChI=1S/C16H21FN2O/c17-15-6-2-1-5-13(15)11-16(20)19-10-7-14(12-19)18-8-3-4-9-18/h1-2,5-6,14H,3-4,7-12H2. The summed E-state index contributed by atoms with van der Waals surface area (Å²) in [5.74, 6) is -0.229. The van der Waals surface area contributed by atoms with E-state index in [0.29, 0.717) is 11.6 Å². The van der Waals surface area contributed by atoms with E-state index >= 15 is 0 Å². The number of benzene rings is 1. The van der Waals surface area contributed by atoms with Crippen molar-refractivity contribution in [2.75, 3.05) is 26.2 Å². The van der Waals surface area contributed by atoms with E-state index in [1.165, 1.54) is 32.0 Å². The molecule has 2 heterocycles. The number of hydrogen-bond donors (Lipinski definition) is 0. The van der Waals surface area contributed by atoms with E-state index in [1.807, 2.05) is 4.90 Å². The van der Waals surface area contributed by atoms with Gasteiger partial charge in [0.1, 0.15) is 5.82 Å². The van der Waals surface area contributed by atoms with Crippen molar-refractivity contribution in [2.45, 2.75) is 31.7 Å². The SMILES string of the molecule is O=C(Cc1ccccc1F)N1CCC(N2CCCC2)C1. The zero-order chi connectivity index (χ0) is 13.9. The van der Waals surface area contributed by atoms with Gasteiger partial charge in [-0.15, -0.1) is 0 Å². The lowest BCUT2D eigenvalue weighted by molar-refractivity contribution is -0.129. The van der Waals surface area contributed by atoms with Crippen LogP contribution in [0.2, 0.25) is 0 Å². The van der Waals surface area contributed by atoms with Gasteiger partial charge in [0.2, 0.25) is 5.91 Å². The van der Waals surface area contributed by atoms with Crippen LogP contribution in [0.3, 0.4) is 0 Å². The monoisotopic (exact) mass is 276 g/mol. The molecule has 0 N–H and O–H groups in total. The van der Waals surface area contributed by atoms with Crippen molar-refractivity contribution in [1.29, 1.82) is 0 Å². The Hall–Kier alpha value is -1.42. The molecule has 1 aromatic carbocycles. The van der Waals surface area contributed by atoms with Crippen LogP contribution in [0.4, 0.5) is 4.39 Å². The van der Waals surface area contributed by atoms with Crippen LogP contribution in [0.1, 0.15) is 24.8 Å². The zero-order valence-electron chi connectivity index (χ0n) is 11.7. The Bertz CT molecular complexity index is 485. The lowest BCUT2D eigenvalue weighted by Gasteiger charge is -2.23. The maximum absolute atomic E-state index is 13.6. The quantitative estimate of drug-likeness (QED) is 0.844. The summed E-state index contributed by atoms with van der Waals surface area (Å²) >= 11 is 0. The maximum Gasteiger partial charge on any atom is 0.227 e. The lowest BCUT2D eigenvalue weighted by Crippen LogP contribution is -2.37. The number of likely N-dealkylation sites (tertiary alicyclic amines) is 2. The molecule has 1 unspecified atom stereocenters. The van der Waals surface area contributed by atoms with Gasteiger partial charge < -0.3 is 4.90 Å². The molecular formula is C16H21FN2O. The van der Waals surface area contributed by atoms with Crippen LogP contribution in [-0.4, -0.2) is 47.9 Å². The fourth-order valence-corrected chi connectivity index (χ4v) is 3.29. The van der Waals surface area contributed by atoms with Gasteiger partial charge in [-0.2, -0.15) is 0 Å². The van der Waals surface area contributed by atoms with E-state index in [4.69, 9.17) is 0 Å². The van der Waals surface area contributed by atoms with Crippen LogP contribution in [-0.2, 0) is 11.2 Å². The van der Waals surface area contributed by atoms with Crippen molar-refractivity contribution in [1.82, 2.24) is 9.80 Å². The summed E-state index contributed by atoms with van der Waals surface area (Å²) in [5, 5.41) is 0. The molecular weight excluding hydrogens is 255 g/mol. The number of halogens is 1. The maximum atomic E-state index is 13.6. The van der Waals surface area contributed by atoms with Gasteiger partial charge in [-0.1, -0.05) is 18.2 Å². The molecule has 1 amide bonds. The molecule has 108 valence electrons. The minimum atomic E-state index is -0.281. The molecule has 1 aromatic rings. The predicted octanol–water partition coefficient (Wildman–Crippen LogP) is 2.06. The van der Waals surface area contributed by atoms with Crippen molar-refractivity contribution >= 4 is 5.91 Å². The van der Waals surface area contributed by atoms with E-state index in [1.54, 1.807) is 18.2 Å². The number of nitrogens with zero attached hydrogens (tertiary/aromatic N) is 2. The van der Waals surface area contributed by atoms with Crippen molar-refractivity contribution in [3.8, 4) is 0 Å². The van der Waals surface area contributed by atoms with Crippen molar-refractivity contribution in [3.05, 3.63) is 35.6 Å². The van der Waals surface area contributed by atoms with Crippen molar-refractivity contribution in [2.24, 2.45) is 0 Å². The van der Waals surface area contributed by atoms with E-state index in [2.05, 4.69) is 4.90 Å². The first-order valence-corrected chi connectivity index (χ1v) is 7.49. The molecule has 3 rings (SSSR count). The third kappa shape index (κ3) is 2.85. The summed E-state index contributed by atoms with van der Waals surface area (Å²) < 4.78 is 13.6. The van der Waals surface area contributed by atoms with Gasteiger partial charge in [-0.25, -0.2) is 4.39 Å². The first kappa shape index (κ1) is 13.6. The number of carbonyl (C=O) groups excluding carboxylic acids is 1. The fourth-order valence-electron chi connectivity index (χ4n) is 3.29. The number of amides is 1. The summed E-state index contributed by atoms with van der Waals surface area (Å²) in [6.07, 6.45) is 3.79. The lowest BCUT2D eigenvalue weighted by atomic mass is 10.1. The highest BCUT2D eigenvalue weighted by Gasteiger charge is 2.31. The van der Waals surface area contributed by atoms with Gasteiger partial charge in [0.05, 0.1) is 6.42 Å². The van der Waals surface area contributed by atoms with Gasteiger partial charge in [0, 0.05) is 19.1 Å². The van der Waals surface area contributed by atoms with E-state index in [0.717, 1.165) is 19.5 Å². The number of carbonyl (C=O) groups is 1. The average Bonchev–Trinajstić information content (AvgIpc) is 3.11. The molecule has 20 heavy (non-hydrogen) atoms. The molecule has 2 aliphatic rings. The third-order valence-corrected chi connectivity index (χ3v) is 4.47. The Balaban J connectivity index is 1.57. The highest BCUT2D eigenvalue weighted by molar-refractivity contribution is 5.79. The van der Waals surface area contributed by atoms with Gasteiger partial charge in [-0.3, -0.25) is 9.69 Å². The van der Waals surface area contributed by atoms with E-state index in [9.17, 15) is 9.18 Å². The van der Waals surface area contributed by atoms with Crippen LogP contribution in [0.25, 0.3) is 0 Å². The molecule has 3 nitrogen and oxygen atoms in total. The van der Waals surface area contributed by atoms with Crippen molar-refractivity contribution < 1.29 is 9.18 Å². The Morgan fingerprint density at radius 1 is 1.20 bits per heavy atom. The summed E-state index contributed by atoms with van der Waals surface area (Å²) in [6, 6.07) is 7.06. The first-order chi connectivity index (χ1) is 9.74. The molecule has 4 heteroatoms. The largest absolute Gasteiger partial charge is 0.341 e. The topological polar surface area (TPSA) is 23.6 Å². The Morgan fingerprint density at radius 3 is 2.70 bits per heavy atom. The van der Waals surface area contributed by atoms with Crippen LogP contribution < -0.4 is 0 Å². The normalized spacial score (nSPS) is 23.4. The number of hydrogen-bond acceptors (Lipinski definition) is 2. The van der Waals surface area contributed by atoms with Crippen LogP contribution in [0.5, 0.6) is 0 Å². The summed E-state index contributed by atoms with van der Waals surface area (Å²) in [5.41, 5.74) is 0.502. The molecule has 2 aliphatic heterocycles. The molecule has 0 radical (unpaired) electrons. The molecule has 0 aromatic heterocycles. The Morgan fingerprint density at radius 2 is 1.95 bits per heavy atom. The van der Waals surface area contributed by atoms with Crippen molar-refractivity contribution in [3.63, 3.8) is 0 Å². The summed E-state index contributed by atoms with van der Waals surface area (Å²) in [7, 11) is 0. The molecule has 0 bridgehead atoms. The molecule has 0 spiro atoms. The summed E-state index contributed by atoms with van der Waals surface area (Å²) in [6.45, 7) is 3.96. The molecule has 2 saturated heterocycles. The van der Waals surface area contributed by atoms with Gasteiger partial charge in [-0.05, 0) is 44.0 Å². The minimum Gasteiger partial charge on any atom is -0.341 e. The second kappa shape index (κ2) is 5.92. The minimum absolute atomic E-state index is 0.0526. The third-order valence-electron chi connectivity index (χ3n) is 4.47.